The highest BCUT2D eigenvalue weighted by Gasteiger charge is 2.21. The molecule has 0 aromatic carbocycles. The molecule has 80 valence electrons. The second kappa shape index (κ2) is 7.08. The molecule has 0 unspecified atom stereocenters. The third kappa shape index (κ3) is 4.61. The van der Waals surface area contributed by atoms with Gasteiger partial charge in [0.05, 0.1) is 20.6 Å². The number of hydrogen-bond donors (Lipinski definition) is 1. The average molecular weight is 201 g/mol. The number of carbonyl (C=O) groups is 2. The van der Waals surface area contributed by atoms with E-state index in [9.17, 15) is 9.59 Å². The maximum Gasteiger partial charge on any atom is 0.323 e. The summed E-state index contributed by atoms with van der Waals surface area (Å²) >= 11 is 0. The molecule has 0 aliphatic heterocycles. The van der Waals surface area contributed by atoms with E-state index in [0.717, 1.165) is 0 Å². The van der Waals surface area contributed by atoms with Crippen LogP contribution in [-0.2, 0) is 19.1 Å². The van der Waals surface area contributed by atoms with E-state index in [1.807, 2.05) is 0 Å². The van der Waals surface area contributed by atoms with E-state index in [1.165, 1.54) is 14.2 Å². The summed E-state index contributed by atoms with van der Waals surface area (Å²) in [6.45, 7) is 3.91. The highest BCUT2D eigenvalue weighted by molar-refractivity contribution is 5.82. The first-order chi connectivity index (χ1) is 6.65. The summed E-state index contributed by atoms with van der Waals surface area (Å²) in [6.07, 6.45) is 1.55. The first-order valence-corrected chi connectivity index (χ1v) is 4.14. The lowest BCUT2D eigenvalue weighted by atomic mass is 10.2. The molecule has 0 amide bonds. The fraction of sp³-hybridized carbons (Fsp3) is 0.556. The first kappa shape index (κ1) is 12.6. The topological polar surface area (TPSA) is 64.6 Å². The predicted molar refractivity (Wildman–Crippen MR) is 50.6 cm³/mol. The zero-order valence-electron chi connectivity index (χ0n) is 8.41. The Bertz CT molecular complexity index is 215. The molecule has 5 heteroatoms. The van der Waals surface area contributed by atoms with Crippen LogP contribution in [0.3, 0.4) is 0 Å². The van der Waals surface area contributed by atoms with Gasteiger partial charge in [0.15, 0.2) is 0 Å². The van der Waals surface area contributed by atoms with E-state index in [-0.39, 0.29) is 6.42 Å². The summed E-state index contributed by atoms with van der Waals surface area (Å²) in [7, 11) is 2.53. The van der Waals surface area contributed by atoms with Crippen molar-refractivity contribution in [1.29, 1.82) is 0 Å². The van der Waals surface area contributed by atoms with Crippen LogP contribution in [0.25, 0.3) is 0 Å². The van der Waals surface area contributed by atoms with Gasteiger partial charge < -0.3 is 14.8 Å². The third-order valence-electron chi connectivity index (χ3n) is 1.59. The number of rotatable bonds is 6. The van der Waals surface area contributed by atoms with Gasteiger partial charge >= 0.3 is 11.9 Å². The fourth-order valence-electron chi connectivity index (χ4n) is 0.857. The van der Waals surface area contributed by atoms with E-state index in [4.69, 9.17) is 0 Å². The Balaban J connectivity index is 4.16. The molecule has 14 heavy (non-hydrogen) atoms. The molecule has 0 radical (unpaired) electrons. The molecule has 0 aliphatic rings. The number of nitrogens with one attached hydrogen (secondary N) is 1. The van der Waals surface area contributed by atoms with Gasteiger partial charge in [-0.2, -0.15) is 0 Å². The van der Waals surface area contributed by atoms with Crippen LogP contribution in [-0.4, -0.2) is 38.7 Å². The van der Waals surface area contributed by atoms with Crippen LogP contribution in [0.5, 0.6) is 0 Å². The number of esters is 2. The quantitative estimate of drug-likeness (QED) is 0.479. The zero-order chi connectivity index (χ0) is 11.0. The van der Waals surface area contributed by atoms with E-state index >= 15 is 0 Å². The van der Waals surface area contributed by atoms with Crippen molar-refractivity contribution in [2.45, 2.75) is 12.5 Å². The van der Waals surface area contributed by atoms with Crippen LogP contribution in [0.1, 0.15) is 6.42 Å². The summed E-state index contributed by atoms with van der Waals surface area (Å²) in [6, 6.07) is -0.676. The van der Waals surface area contributed by atoms with Gasteiger partial charge in [-0.3, -0.25) is 9.59 Å². The van der Waals surface area contributed by atoms with Crippen molar-refractivity contribution in [3.05, 3.63) is 12.7 Å². The Morgan fingerprint density at radius 1 is 1.43 bits per heavy atom. The molecule has 0 saturated heterocycles. The van der Waals surface area contributed by atoms with Crippen molar-refractivity contribution in [3.63, 3.8) is 0 Å². The van der Waals surface area contributed by atoms with E-state index in [2.05, 4.69) is 21.4 Å². The smallest absolute Gasteiger partial charge is 0.323 e. The normalized spacial score (nSPS) is 11.6. The van der Waals surface area contributed by atoms with Gasteiger partial charge in [-0.05, 0) is 0 Å². The SMILES string of the molecule is C=CCN[C@@H](CC(=O)OC)C(=O)OC. The van der Waals surface area contributed by atoms with Gasteiger partial charge in [-0.1, -0.05) is 6.08 Å². The van der Waals surface area contributed by atoms with Gasteiger partial charge in [0.2, 0.25) is 0 Å². The number of methoxy groups -OCH3 is 2. The van der Waals surface area contributed by atoms with Gasteiger partial charge in [0, 0.05) is 6.54 Å². The largest absolute Gasteiger partial charge is 0.469 e. The van der Waals surface area contributed by atoms with Crippen LogP contribution in [0.2, 0.25) is 0 Å². The Labute approximate surface area is 83.1 Å². The van der Waals surface area contributed by atoms with Gasteiger partial charge in [0.1, 0.15) is 6.04 Å². The lowest BCUT2D eigenvalue weighted by Gasteiger charge is -2.13. The molecule has 5 nitrogen and oxygen atoms in total. The summed E-state index contributed by atoms with van der Waals surface area (Å²) in [5, 5.41) is 2.79. The van der Waals surface area contributed by atoms with Crippen LogP contribution < -0.4 is 5.32 Å². The molecule has 1 atom stereocenters. The standard InChI is InChI=1S/C9H15NO4/c1-4-5-10-7(9(12)14-3)6-8(11)13-2/h4,7,10H,1,5-6H2,2-3H3/t7-/m0/s1. The minimum atomic E-state index is -0.676. The Kier molecular flexibility index (Phi) is 6.39. The Morgan fingerprint density at radius 3 is 2.50 bits per heavy atom. The lowest BCUT2D eigenvalue weighted by Crippen LogP contribution is -2.39. The van der Waals surface area contributed by atoms with E-state index in [1.54, 1.807) is 6.08 Å². The summed E-state index contributed by atoms with van der Waals surface area (Å²) in [5.41, 5.74) is 0. The highest BCUT2D eigenvalue weighted by Crippen LogP contribution is 1.96. The van der Waals surface area contributed by atoms with E-state index in [0.29, 0.717) is 6.54 Å². The minimum absolute atomic E-state index is 0.0446. The number of ether oxygens (including phenoxy) is 2. The van der Waals surface area contributed by atoms with Gasteiger partial charge in [0.25, 0.3) is 0 Å². The average Bonchev–Trinajstić information content (AvgIpc) is 2.22. The highest BCUT2D eigenvalue weighted by atomic mass is 16.5. The Hall–Kier alpha value is -1.36. The third-order valence-corrected chi connectivity index (χ3v) is 1.59. The summed E-state index contributed by atoms with van der Waals surface area (Å²) in [5.74, 6) is -0.950. The van der Waals surface area contributed by atoms with Crippen molar-refractivity contribution in [2.75, 3.05) is 20.8 Å². The van der Waals surface area contributed by atoms with Crippen LogP contribution in [0, 0.1) is 0 Å². The first-order valence-electron chi connectivity index (χ1n) is 4.14. The molecule has 1 N–H and O–H groups in total. The summed E-state index contributed by atoms with van der Waals surface area (Å²) < 4.78 is 8.95. The lowest BCUT2D eigenvalue weighted by molar-refractivity contribution is -0.149. The van der Waals surface area contributed by atoms with Crippen molar-refractivity contribution in [2.24, 2.45) is 0 Å². The van der Waals surface area contributed by atoms with Crippen molar-refractivity contribution in [1.82, 2.24) is 5.32 Å². The molecular weight excluding hydrogens is 186 g/mol. The molecule has 0 aromatic rings. The fourth-order valence-corrected chi connectivity index (χ4v) is 0.857. The molecule has 0 fully saturated rings. The second-order valence-corrected chi connectivity index (χ2v) is 2.55. The van der Waals surface area contributed by atoms with Crippen LogP contribution in [0.15, 0.2) is 12.7 Å². The Morgan fingerprint density at radius 2 is 2.07 bits per heavy atom. The van der Waals surface area contributed by atoms with Crippen LogP contribution >= 0.6 is 0 Å². The van der Waals surface area contributed by atoms with Gasteiger partial charge in [-0.15, -0.1) is 6.58 Å². The molecule has 0 saturated carbocycles. The molecule has 0 rings (SSSR count). The van der Waals surface area contributed by atoms with Crippen LogP contribution in [0.4, 0.5) is 0 Å². The molecule has 0 aliphatic carbocycles. The minimum Gasteiger partial charge on any atom is -0.469 e. The van der Waals surface area contributed by atoms with Crippen molar-refractivity contribution in [3.8, 4) is 0 Å². The number of carbonyl (C=O) groups excluding carboxylic acids is 2. The molecule has 0 heterocycles. The maximum absolute atomic E-state index is 11.1. The zero-order valence-corrected chi connectivity index (χ0v) is 8.41. The predicted octanol–water partition coefficient (Wildman–Crippen LogP) is -0.133. The van der Waals surface area contributed by atoms with E-state index < -0.39 is 18.0 Å². The second-order valence-electron chi connectivity index (χ2n) is 2.55. The number of hydrogen-bond acceptors (Lipinski definition) is 5. The molecule has 0 aromatic heterocycles. The monoisotopic (exact) mass is 201 g/mol. The molecule has 0 bridgehead atoms. The molecule has 0 spiro atoms. The molecular formula is C9H15NO4. The van der Waals surface area contributed by atoms with Crippen molar-refractivity contribution >= 4 is 11.9 Å². The summed E-state index contributed by atoms with van der Waals surface area (Å²) in [4.78, 5) is 22.1. The van der Waals surface area contributed by atoms with Crippen molar-refractivity contribution < 1.29 is 19.1 Å². The maximum atomic E-state index is 11.1. The van der Waals surface area contributed by atoms with Gasteiger partial charge in [-0.25, -0.2) is 0 Å².